The van der Waals surface area contributed by atoms with Gasteiger partial charge in [-0.3, -0.25) is 4.57 Å². The highest BCUT2D eigenvalue weighted by atomic mass is 16.5. The molecule has 10 rings (SSSR count). The van der Waals surface area contributed by atoms with E-state index in [0.717, 1.165) is 40.6 Å². The molecule has 0 aliphatic carbocycles. The van der Waals surface area contributed by atoms with Crippen molar-refractivity contribution in [2.45, 2.75) is 72.1 Å². The van der Waals surface area contributed by atoms with Crippen molar-refractivity contribution in [3.63, 3.8) is 0 Å². The molecule has 0 bridgehead atoms. The van der Waals surface area contributed by atoms with E-state index in [1.54, 1.807) is 0 Å². The van der Waals surface area contributed by atoms with E-state index in [4.69, 9.17) is 9.72 Å². The van der Waals surface area contributed by atoms with E-state index in [1.807, 2.05) is 6.20 Å². The van der Waals surface area contributed by atoms with Gasteiger partial charge in [0.25, 0.3) is 0 Å². The monoisotopic (exact) mass is 942 g/mol. The zero-order valence-corrected chi connectivity index (χ0v) is 46.9. The van der Waals surface area contributed by atoms with Crippen LogP contribution in [-0.4, -0.2) is 94.6 Å². The molecule has 1 aliphatic heterocycles. The van der Waals surface area contributed by atoms with Crippen LogP contribution in [-0.2, 0) is 10.8 Å². The molecule has 1 atom stereocenters. The quantitative estimate of drug-likeness (QED) is 0.181. The second-order valence-corrected chi connectivity index (χ2v) is 23.6. The number of rotatable bonds is 7. The van der Waals surface area contributed by atoms with Gasteiger partial charge in [-0.1, -0.05) is 106 Å². The molecule has 0 radical (unpaired) electrons. The second kappa shape index (κ2) is 18.3. The van der Waals surface area contributed by atoms with Crippen LogP contribution in [0.5, 0.6) is 11.5 Å². The van der Waals surface area contributed by atoms with E-state index in [1.165, 1.54) is 127 Å². The Balaban J connectivity index is 1.17. The summed E-state index contributed by atoms with van der Waals surface area (Å²) in [4.78, 5) is 7.54. The molecule has 7 aromatic carbocycles. The zero-order valence-electron chi connectivity index (χ0n) is 46.9. The highest BCUT2D eigenvalue weighted by Gasteiger charge is 2.37. The molecule has 0 amide bonds. The molecular weight excluding hydrogens is 875 g/mol. The fourth-order valence-electron chi connectivity index (χ4n) is 12.3. The van der Waals surface area contributed by atoms with Gasteiger partial charge in [-0.15, -0.1) is 32.8 Å². The first kappa shape index (κ1) is 50.3. The second-order valence-electron chi connectivity index (χ2n) is 23.6. The number of benzene rings is 7. The summed E-state index contributed by atoms with van der Waals surface area (Å²) in [7, 11) is 23.3. The molecule has 0 N–H and O–H groups in total. The molecule has 0 saturated heterocycles. The molecule has 2 aromatic heterocycles. The Morgan fingerprint density at radius 1 is 0.493 bits per heavy atom. The minimum Gasteiger partial charge on any atom is -0.457 e. The van der Waals surface area contributed by atoms with Gasteiger partial charge >= 0.3 is 0 Å². The van der Waals surface area contributed by atoms with Crippen LogP contribution < -0.4 is 64.3 Å². The van der Waals surface area contributed by atoms with E-state index >= 15 is 0 Å². The fraction of sp³-hybridized carbons (Fsp3) is 0.203. The number of hydrogen-bond donors (Lipinski definition) is 0. The maximum absolute atomic E-state index is 7.13. The third-order valence-electron chi connectivity index (χ3n) is 17.4. The SMILES string of the molecule is Bc1c(B)c(B)c(-c2c(C)cc(C)c(-c3c(B)c(B)c(B)c(B)c3B)c2C2CN(c3cc(Oc4ccc5c6ccccc6n(-c6cc(C(C)(C)C)ccn6)c5c4)cc(C(C)(C)C)c3)c3ccccc32)c(B)c1B. The number of anilines is 2. The Bertz CT molecular complexity index is 3620. The van der Waals surface area contributed by atoms with Gasteiger partial charge in [0.2, 0.25) is 0 Å². The van der Waals surface area contributed by atoms with Crippen molar-refractivity contribution >= 4 is 166 Å². The van der Waals surface area contributed by atoms with Crippen molar-refractivity contribution in [1.29, 1.82) is 0 Å². The lowest BCUT2D eigenvalue weighted by Crippen LogP contribution is -2.55. The predicted octanol–water partition coefficient (Wildman–Crippen LogP) is -1.62. The zero-order chi connectivity index (χ0) is 52.3. The molecule has 14 heteroatoms. The first-order chi connectivity index (χ1) is 34.5. The smallest absolute Gasteiger partial charge is 0.139 e. The van der Waals surface area contributed by atoms with Crippen LogP contribution in [0.25, 0.3) is 49.9 Å². The summed E-state index contributed by atoms with van der Waals surface area (Å²) in [6.07, 6.45) is 1.94. The standard InChI is InChI=1S/C59H65B10N3O/c1-28-21-29(2)44(47-50(62)54(66)57(69)55(67)51(47)63)45(43(28)46-48(60)52(64)56(68)53(65)49(46)61)38-27-71(39-15-11-9-14-36(38)39)32-22-31(59(6,7)8)23-34(25-32)73-33-17-18-37-35-13-10-12-16-40(35)72(41(37)26-33)42-24-30(19-20-70-42)58(3,4)5/h9-26,38H,27,60-69H2,1-8H3. The van der Waals surface area contributed by atoms with E-state index < -0.39 is 0 Å². The Labute approximate surface area is 444 Å². The van der Waals surface area contributed by atoms with Gasteiger partial charge in [-0.25, -0.2) is 4.98 Å². The predicted molar refractivity (Wildman–Crippen MR) is 346 cm³/mol. The number of aryl methyl sites for hydroxylation is 2. The van der Waals surface area contributed by atoms with E-state index in [2.05, 4.69) is 246 Å². The van der Waals surface area contributed by atoms with Crippen molar-refractivity contribution in [1.82, 2.24) is 9.55 Å². The summed E-state index contributed by atoms with van der Waals surface area (Å²) in [5.41, 5.74) is 31.7. The lowest BCUT2D eigenvalue weighted by Gasteiger charge is -2.31. The van der Waals surface area contributed by atoms with Crippen LogP contribution in [0, 0.1) is 13.8 Å². The molecule has 4 nitrogen and oxygen atoms in total. The first-order valence-corrected chi connectivity index (χ1v) is 26.5. The van der Waals surface area contributed by atoms with E-state index in [-0.39, 0.29) is 16.7 Å². The van der Waals surface area contributed by atoms with Crippen molar-refractivity contribution in [2.24, 2.45) is 0 Å². The number of pyridine rings is 1. The normalized spacial score (nSPS) is 13.8. The minimum absolute atomic E-state index is 0.0191. The van der Waals surface area contributed by atoms with Gasteiger partial charge in [0.05, 0.1) is 11.0 Å². The number of hydrogen-bond acceptors (Lipinski definition) is 3. The number of para-hydroxylation sites is 2. The molecular formula is C59H65B10N3O. The summed E-state index contributed by atoms with van der Waals surface area (Å²) in [5, 5.41) is 2.36. The van der Waals surface area contributed by atoms with Crippen molar-refractivity contribution < 1.29 is 4.74 Å². The number of nitrogens with zero attached hydrogens (tertiary/aromatic N) is 3. The summed E-state index contributed by atoms with van der Waals surface area (Å²) in [6.45, 7) is 19.2. The molecule has 0 spiro atoms. The van der Waals surface area contributed by atoms with Crippen LogP contribution in [0.3, 0.4) is 0 Å². The van der Waals surface area contributed by atoms with Gasteiger partial charge < -0.3 is 9.64 Å². The number of aromatic nitrogens is 2. The first-order valence-electron chi connectivity index (χ1n) is 26.5. The third kappa shape index (κ3) is 8.36. The molecule has 1 unspecified atom stereocenters. The van der Waals surface area contributed by atoms with Crippen molar-refractivity contribution in [3.05, 3.63) is 143 Å². The van der Waals surface area contributed by atoms with E-state index in [9.17, 15) is 0 Å². The average Bonchev–Trinajstić information content (AvgIpc) is 3.90. The molecule has 352 valence electrons. The maximum Gasteiger partial charge on any atom is 0.139 e. The number of fused-ring (bicyclic) bond motifs is 4. The Kier molecular flexibility index (Phi) is 12.6. The van der Waals surface area contributed by atoms with E-state index in [0.29, 0.717) is 0 Å². The van der Waals surface area contributed by atoms with Crippen molar-refractivity contribution in [2.75, 3.05) is 11.4 Å². The van der Waals surface area contributed by atoms with Crippen LogP contribution in [0.2, 0.25) is 0 Å². The third-order valence-corrected chi connectivity index (χ3v) is 17.4. The maximum atomic E-state index is 7.13. The Hall–Kier alpha value is -6.26. The van der Waals surface area contributed by atoms with Gasteiger partial charge in [-0.2, -0.15) is 0 Å². The average molecular weight is 940 g/mol. The Morgan fingerprint density at radius 3 is 1.62 bits per heavy atom. The minimum atomic E-state index is -0.146. The lowest BCUT2D eigenvalue weighted by atomic mass is 9.57. The summed E-state index contributed by atoms with van der Waals surface area (Å²) in [6, 6.07) is 38.2. The largest absolute Gasteiger partial charge is 0.457 e. The summed E-state index contributed by atoms with van der Waals surface area (Å²) >= 11 is 0. The Morgan fingerprint density at radius 2 is 1.03 bits per heavy atom. The van der Waals surface area contributed by atoms with Crippen molar-refractivity contribution in [3.8, 4) is 39.6 Å². The van der Waals surface area contributed by atoms with Gasteiger partial charge in [0, 0.05) is 52.9 Å². The molecule has 0 fully saturated rings. The van der Waals surface area contributed by atoms with Crippen LogP contribution >= 0.6 is 0 Å². The fourth-order valence-corrected chi connectivity index (χ4v) is 12.3. The van der Waals surface area contributed by atoms with Crippen LogP contribution in [0.15, 0.2) is 109 Å². The van der Waals surface area contributed by atoms with Crippen LogP contribution in [0.1, 0.15) is 80.8 Å². The highest BCUT2D eigenvalue weighted by molar-refractivity contribution is 6.70. The summed E-state index contributed by atoms with van der Waals surface area (Å²) in [5.74, 6) is 2.58. The van der Waals surface area contributed by atoms with Gasteiger partial charge in [0.15, 0.2) is 0 Å². The molecule has 73 heavy (non-hydrogen) atoms. The lowest BCUT2D eigenvalue weighted by molar-refractivity contribution is 0.479. The molecule has 3 heterocycles. The molecule has 1 aliphatic rings. The molecule has 0 saturated carbocycles. The molecule has 9 aromatic rings. The topological polar surface area (TPSA) is 30.3 Å². The number of ether oxygens (including phenoxy) is 1. The van der Waals surface area contributed by atoms with Gasteiger partial charge in [-0.05, 0) is 129 Å². The summed E-state index contributed by atoms with van der Waals surface area (Å²) < 4.78 is 9.43. The van der Waals surface area contributed by atoms with Crippen LogP contribution in [0.4, 0.5) is 11.4 Å². The highest BCUT2D eigenvalue weighted by Crippen LogP contribution is 2.51. The van der Waals surface area contributed by atoms with Gasteiger partial charge in [0.1, 0.15) is 95.8 Å².